The van der Waals surface area contributed by atoms with Crippen LogP contribution in [-0.4, -0.2) is 42.2 Å². The maximum absolute atomic E-state index is 11.5. The Morgan fingerprint density at radius 3 is 2.10 bits per heavy atom. The van der Waals surface area contributed by atoms with E-state index in [4.69, 9.17) is 18.0 Å². The zero-order valence-corrected chi connectivity index (χ0v) is 15.1. The molecule has 0 rings (SSSR count). The molecule has 0 amide bonds. The van der Waals surface area contributed by atoms with E-state index in [2.05, 4.69) is 6.58 Å². The van der Waals surface area contributed by atoms with Gasteiger partial charge in [0.2, 0.25) is 0 Å². The number of hydrogen-bond donors (Lipinski definition) is 0. The summed E-state index contributed by atoms with van der Waals surface area (Å²) >= 11 is 0. The van der Waals surface area contributed by atoms with Gasteiger partial charge >= 0.3 is 14.8 Å². The number of rotatable bonds is 12. The third kappa shape index (κ3) is 7.76. The summed E-state index contributed by atoms with van der Waals surface area (Å²) < 4.78 is 21.5. The topological polar surface area (TPSA) is 54.0 Å². The largest absolute Gasteiger partial charge is 0.500 e. The molecule has 6 heteroatoms. The summed E-state index contributed by atoms with van der Waals surface area (Å²) in [5.41, 5.74) is 0.449. The number of hydrogen-bond acceptors (Lipinski definition) is 5. The van der Waals surface area contributed by atoms with Gasteiger partial charge in [-0.25, -0.2) is 4.79 Å². The molecule has 5 nitrogen and oxygen atoms in total. The van der Waals surface area contributed by atoms with Crippen molar-refractivity contribution in [3.63, 3.8) is 0 Å². The lowest BCUT2D eigenvalue weighted by Gasteiger charge is -2.24. The minimum Gasteiger partial charge on any atom is -0.459 e. The first-order valence-corrected chi connectivity index (χ1v) is 9.39. The Labute approximate surface area is 130 Å². The molecule has 0 saturated heterocycles. The van der Waals surface area contributed by atoms with E-state index in [0.29, 0.717) is 5.57 Å². The molecule has 0 radical (unpaired) electrons. The van der Waals surface area contributed by atoms with Crippen molar-refractivity contribution in [2.75, 3.05) is 21.3 Å². The predicted molar refractivity (Wildman–Crippen MR) is 85.0 cm³/mol. The lowest BCUT2D eigenvalue weighted by Crippen LogP contribution is -2.42. The molecule has 0 fully saturated rings. The Hall–Kier alpha value is -0.693. The first-order valence-electron chi connectivity index (χ1n) is 7.46. The van der Waals surface area contributed by atoms with Gasteiger partial charge in [0.15, 0.2) is 0 Å². The Bertz CT molecular complexity index is 307. The number of carbonyl (C=O) groups is 1. The molecule has 0 aliphatic heterocycles. The van der Waals surface area contributed by atoms with Crippen molar-refractivity contribution in [3.8, 4) is 0 Å². The van der Waals surface area contributed by atoms with Crippen LogP contribution in [0.25, 0.3) is 0 Å². The van der Waals surface area contributed by atoms with Crippen molar-refractivity contribution in [2.24, 2.45) is 0 Å². The normalized spacial score (nSPS) is 13.0. The molecule has 21 heavy (non-hydrogen) atoms. The zero-order chi connectivity index (χ0) is 16.3. The Morgan fingerprint density at radius 1 is 1.10 bits per heavy atom. The lowest BCUT2D eigenvalue weighted by molar-refractivity contribution is -0.144. The molecule has 124 valence electrons. The fourth-order valence-electron chi connectivity index (χ4n) is 2.04. The molecule has 0 aromatic heterocycles. The average Bonchev–Trinajstić information content (AvgIpc) is 2.50. The van der Waals surface area contributed by atoms with E-state index in [1.807, 2.05) is 6.92 Å². The molecule has 0 bridgehead atoms. The Morgan fingerprint density at radius 2 is 1.67 bits per heavy atom. The summed E-state index contributed by atoms with van der Waals surface area (Å²) in [6, 6.07) is 0.804. The van der Waals surface area contributed by atoms with Crippen LogP contribution in [-0.2, 0) is 22.8 Å². The highest BCUT2D eigenvalue weighted by atomic mass is 28.4. The predicted octanol–water partition coefficient (Wildman–Crippen LogP) is 3.32. The molecular formula is C15H30O5Si. The molecule has 1 atom stereocenters. The molecule has 0 aromatic rings. The van der Waals surface area contributed by atoms with Gasteiger partial charge in [-0.1, -0.05) is 19.9 Å². The molecule has 0 aromatic carbocycles. The van der Waals surface area contributed by atoms with Gasteiger partial charge in [0.05, 0.1) is 0 Å². The van der Waals surface area contributed by atoms with Crippen LogP contribution >= 0.6 is 0 Å². The molecule has 0 heterocycles. The van der Waals surface area contributed by atoms with Crippen molar-refractivity contribution in [1.29, 1.82) is 0 Å². The number of carbonyl (C=O) groups excluding carboxylic acids is 1. The average molecular weight is 318 g/mol. The third-order valence-electron chi connectivity index (χ3n) is 3.52. The Balaban J connectivity index is 3.97. The number of esters is 1. The van der Waals surface area contributed by atoms with Gasteiger partial charge in [0.25, 0.3) is 0 Å². The first-order chi connectivity index (χ1) is 9.94. The fraction of sp³-hybridized carbons (Fsp3) is 0.800. The van der Waals surface area contributed by atoms with Crippen molar-refractivity contribution < 1.29 is 22.8 Å². The highest BCUT2D eigenvalue weighted by Crippen LogP contribution is 2.19. The summed E-state index contributed by atoms with van der Waals surface area (Å²) in [7, 11) is 2.44. The van der Waals surface area contributed by atoms with Crippen LogP contribution in [0.15, 0.2) is 12.2 Å². The summed E-state index contributed by atoms with van der Waals surface area (Å²) in [6.07, 6.45) is 4.69. The standard InChI is InChI=1S/C15H30O5Si/c1-7-14(20-15(16)13(2)3)11-9-8-10-12-21(17-4,18-5)19-6/h14H,2,7-12H2,1,3-6H3. The van der Waals surface area contributed by atoms with E-state index < -0.39 is 8.80 Å². The third-order valence-corrected chi connectivity index (χ3v) is 6.35. The van der Waals surface area contributed by atoms with Crippen LogP contribution in [0.5, 0.6) is 0 Å². The minimum atomic E-state index is -2.44. The minimum absolute atomic E-state index is 0.0246. The second-order valence-corrected chi connectivity index (χ2v) is 8.20. The van der Waals surface area contributed by atoms with Crippen LogP contribution in [0, 0.1) is 0 Å². The first kappa shape index (κ1) is 20.3. The van der Waals surface area contributed by atoms with Gasteiger partial charge in [-0.3, -0.25) is 0 Å². The van der Waals surface area contributed by atoms with Crippen LogP contribution in [0.3, 0.4) is 0 Å². The van der Waals surface area contributed by atoms with E-state index >= 15 is 0 Å². The molecule has 0 N–H and O–H groups in total. The second kappa shape index (κ2) is 11.0. The van der Waals surface area contributed by atoms with Crippen LogP contribution in [0.1, 0.15) is 46.0 Å². The molecular weight excluding hydrogens is 288 g/mol. The summed E-state index contributed by atoms with van der Waals surface area (Å²) in [5, 5.41) is 0. The van der Waals surface area contributed by atoms with Gasteiger partial charge in [0, 0.05) is 32.9 Å². The van der Waals surface area contributed by atoms with Crippen molar-refractivity contribution in [2.45, 2.75) is 58.1 Å². The maximum Gasteiger partial charge on any atom is 0.500 e. The van der Waals surface area contributed by atoms with Crippen LogP contribution in [0.2, 0.25) is 6.04 Å². The molecule has 0 aliphatic carbocycles. The van der Waals surface area contributed by atoms with Crippen molar-refractivity contribution in [1.82, 2.24) is 0 Å². The summed E-state index contributed by atoms with van der Waals surface area (Å²) in [5.74, 6) is -0.300. The lowest BCUT2D eigenvalue weighted by atomic mass is 10.1. The maximum atomic E-state index is 11.5. The van der Waals surface area contributed by atoms with Gasteiger partial charge in [-0.15, -0.1) is 0 Å². The molecule has 1 unspecified atom stereocenters. The highest BCUT2D eigenvalue weighted by molar-refractivity contribution is 6.60. The quantitative estimate of drug-likeness (QED) is 0.239. The zero-order valence-electron chi connectivity index (χ0n) is 14.1. The monoisotopic (exact) mass is 318 g/mol. The highest BCUT2D eigenvalue weighted by Gasteiger charge is 2.36. The van der Waals surface area contributed by atoms with Crippen LogP contribution in [0.4, 0.5) is 0 Å². The van der Waals surface area contributed by atoms with Crippen LogP contribution < -0.4 is 0 Å². The van der Waals surface area contributed by atoms with E-state index in [1.54, 1.807) is 28.3 Å². The van der Waals surface area contributed by atoms with Gasteiger partial charge in [-0.05, 0) is 32.6 Å². The summed E-state index contributed by atoms with van der Waals surface area (Å²) in [6.45, 7) is 7.28. The van der Waals surface area contributed by atoms with E-state index in [0.717, 1.165) is 38.1 Å². The number of ether oxygens (including phenoxy) is 1. The van der Waals surface area contributed by atoms with Gasteiger partial charge < -0.3 is 18.0 Å². The Kier molecular flexibility index (Phi) is 10.6. The molecule has 0 saturated carbocycles. The summed E-state index contributed by atoms with van der Waals surface area (Å²) in [4.78, 5) is 11.5. The van der Waals surface area contributed by atoms with Crippen molar-refractivity contribution in [3.05, 3.63) is 12.2 Å². The number of unbranched alkanes of at least 4 members (excludes halogenated alkanes) is 2. The van der Waals surface area contributed by atoms with E-state index in [-0.39, 0.29) is 12.1 Å². The van der Waals surface area contributed by atoms with E-state index in [1.165, 1.54) is 0 Å². The molecule has 0 spiro atoms. The smallest absolute Gasteiger partial charge is 0.459 e. The van der Waals surface area contributed by atoms with Gasteiger partial charge in [-0.2, -0.15) is 0 Å². The van der Waals surface area contributed by atoms with Crippen molar-refractivity contribution >= 4 is 14.8 Å². The second-order valence-electron chi connectivity index (χ2n) is 5.11. The SMILES string of the molecule is C=C(C)C(=O)OC(CC)CCCCC[Si](OC)(OC)OC. The fourth-order valence-corrected chi connectivity index (χ4v) is 3.84. The van der Waals surface area contributed by atoms with E-state index in [9.17, 15) is 4.79 Å². The van der Waals surface area contributed by atoms with Gasteiger partial charge in [0.1, 0.15) is 6.10 Å². The molecule has 0 aliphatic rings.